The summed E-state index contributed by atoms with van der Waals surface area (Å²) in [4.78, 5) is 18.0. The van der Waals surface area contributed by atoms with Crippen molar-refractivity contribution in [3.05, 3.63) is 29.8 Å². The molecule has 0 N–H and O–H groups in total. The van der Waals surface area contributed by atoms with Gasteiger partial charge in [0.2, 0.25) is 0 Å². The molecular formula is C23H34F3N3O. The summed E-state index contributed by atoms with van der Waals surface area (Å²) in [6.07, 6.45) is 1.02. The van der Waals surface area contributed by atoms with E-state index in [1.807, 2.05) is 0 Å². The molecule has 0 aliphatic carbocycles. The average Bonchev–Trinajstić information content (AvgIpc) is 2.73. The third-order valence-electron chi connectivity index (χ3n) is 6.47. The number of anilines is 1. The Labute approximate surface area is 178 Å². The Balaban J connectivity index is 1.35. The van der Waals surface area contributed by atoms with Gasteiger partial charge in [0.1, 0.15) is 5.78 Å². The summed E-state index contributed by atoms with van der Waals surface area (Å²) < 4.78 is 38.8. The van der Waals surface area contributed by atoms with E-state index in [9.17, 15) is 18.0 Å². The highest BCUT2D eigenvalue weighted by molar-refractivity contribution is 5.75. The fourth-order valence-electron chi connectivity index (χ4n) is 4.52. The Morgan fingerprint density at radius 3 is 2.30 bits per heavy atom. The van der Waals surface area contributed by atoms with E-state index in [1.165, 1.54) is 31.4 Å². The van der Waals surface area contributed by atoms with Crippen molar-refractivity contribution < 1.29 is 18.0 Å². The normalized spacial score (nSPS) is 19.9. The standard InChI is InChI=1S/C23H34F3N3O/c1-19(30)4-3-10-27-11-7-20(8-12-27)9-13-28-14-16-29(17-15-28)22-6-2-5-21(18-22)23(24,25)26/h2,5-6,18,20H,3-4,7-17H2,1H3. The maximum absolute atomic E-state index is 12.9. The second-order valence-corrected chi connectivity index (χ2v) is 8.76. The first kappa shape index (κ1) is 23.1. The summed E-state index contributed by atoms with van der Waals surface area (Å²) in [5.41, 5.74) is 0.0942. The fourth-order valence-corrected chi connectivity index (χ4v) is 4.52. The van der Waals surface area contributed by atoms with E-state index in [-0.39, 0.29) is 5.78 Å². The highest BCUT2D eigenvalue weighted by Gasteiger charge is 2.31. The number of hydrogen-bond donors (Lipinski definition) is 0. The van der Waals surface area contributed by atoms with Gasteiger partial charge in [-0.05, 0) is 82.9 Å². The molecule has 4 nitrogen and oxygen atoms in total. The number of ketones is 1. The lowest BCUT2D eigenvalue weighted by Crippen LogP contribution is -2.47. The Morgan fingerprint density at radius 2 is 1.67 bits per heavy atom. The number of likely N-dealkylation sites (tertiary alicyclic amines) is 1. The summed E-state index contributed by atoms with van der Waals surface area (Å²) in [7, 11) is 0. The molecule has 0 aromatic heterocycles. The third kappa shape index (κ3) is 6.98. The summed E-state index contributed by atoms with van der Waals surface area (Å²) >= 11 is 0. The van der Waals surface area contributed by atoms with Crippen LogP contribution in [0.2, 0.25) is 0 Å². The minimum absolute atomic E-state index is 0.276. The Hall–Kier alpha value is -1.60. The number of nitrogens with zero attached hydrogens (tertiary/aromatic N) is 3. The van der Waals surface area contributed by atoms with Crippen LogP contribution in [0.5, 0.6) is 0 Å². The molecule has 0 atom stereocenters. The topological polar surface area (TPSA) is 26.8 Å². The van der Waals surface area contributed by atoms with Gasteiger partial charge in [0.05, 0.1) is 5.56 Å². The van der Waals surface area contributed by atoms with Crippen molar-refractivity contribution in [1.29, 1.82) is 0 Å². The van der Waals surface area contributed by atoms with Crippen molar-refractivity contribution >= 4 is 11.5 Å². The number of piperidine rings is 1. The van der Waals surface area contributed by atoms with Crippen LogP contribution in [0.4, 0.5) is 18.9 Å². The van der Waals surface area contributed by atoms with E-state index < -0.39 is 11.7 Å². The first-order chi connectivity index (χ1) is 14.3. The molecule has 168 valence electrons. The van der Waals surface area contributed by atoms with E-state index in [0.29, 0.717) is 12.1 Å². The van der Waals surface area contributed by atoms with Crippen LogP contribution in [0.25, 0.3) is 0 Å². The zero-order valence-electron chi connectivity index (χ0n) is 18.0. The summed E-state index contributed by atoms with van der Waals surface area (Å²) in [6, 6.07) is 5.67. The van der Waals surface area contributed by atoms with Crippen LogP contribution in [-0.4, -0.2) is 67.9 Å². The van der Waals surface area contributed by atoms with Crippen LogP contribution < -0.4 is 4.90 Å². The van der Waals surface area contributed by atoms with Gasteiger partial charge in [-0.25, -0.2) is 0 Å². The van der Waals surface area contributed by atoms with Crippen LogP contribution in [0, 0.1) is 5.92 Å². The van der Waals surface area contributed by atoms with Gasteiger partial charge in [-0.3, -0.25) is 4.90 Å². The molecule has 0 bridgehead atoms. The van der Waals surface area contributed by atoms with Gasteiger partial charge in [0.15, 0.2) is 0 Å². The average molecular weight is 426 g/mol. The van der Waals surface area contributed by atoms with Crippen molar-refractivity contribution in [3.63, 3.8) is 0 Å². The van der Waals surface area contributed by atoms with Crippen LogP contribution >= 0.6 is 0 Å². The van der Waals surface area contributed by atoms with Crippen LogP contribution in [-0.2, 0) is 11.0 Å². The molecule has 2 aliphatic rings. The molecule has 1 aromatic rings. The summed E-state index contributed by atoms with van der Waals surface area (Å²) in [6.45, 7) is 9.38. The number of rotatable bonds is 8. The lowest BCUT2D eigenvalue weighted by atomic mass is 9.93. The molecule has 2 fully saturated rings. The summed E-state index contributed by atoms with van der Waals surface area (Å²) in [5.74, 6) is 1.04. The third-order valence-corrected chi connectivity index (χ3v) is 6.47. The molecule has 0 amide bonds. The largest absolute Gasteiger partial charge is 0.416 e. The predicted molar refractivity (Wildman–Crippen MR) is 114 cm³/mol. The van der Waals surface area contributed by atoms with Crippen molar-refractivity contribution in [2.45, 2.75) is 45.2 Å². The van der Waals surface area contributed by atoms with E-state index in [0.717, 1.165) is 70.8 Å². The molecule has 2 aliphatic heterocycles. The highest BCUT2D eigenvalue weighted by atomic mass is 19.4. The van der Waals surface area contributed by atoms with Gasteiger partial charge >= 0.3 is 6.18 Å². The maximum Gasteiger partial charge on any atom is 0.416 e. The predicted octanol–water partition coefficient (Wildman–Crippen LogP) is 4.30. The molecule has 2 heterocycles. The second-order valence-electron chi connectivity index (χ2n) is 8.76. The number of halogens is 3. The van der Waals surface area contributed by atoms with E-state index in [4.69, 9.17) is 0 Å². The fraction of sp³-hybridized carbons (Fsp3) is 0.696. The van der Waals surface area contributed by atoms with Crippen LogP contribution in [0.3, 0.4) is 0 Å². The first-order valence-electron chi connectivity index (χ1n) is 11.2. The van der Waals surface area contributed by atoms with Crippen LogP contribution in [0.1, 0.15) is 44.6 Å². The monoisotopic (exact) mass is 425 g/mol. The zero-order chi connectivity index (χ0) is 21.6. The van der Waals surface area contributed by atoms with Gasteiger partial charge in [0, 0.05) is 38.3 Å². The number of carbonyl (C=O) groups is 1. The molecule has 7 heteroatoms. The molecule has 1 aromatic carbocycles. The van der Waals surface area contributed by atoms with Gasteiger partial charge < -0.3 is 14.6 Å². The molecular weight excluding hydrogens is 391 g/mol. The van der Waals surface area contributed by atoms with E-state index in [1.54, 1.807) is 13.0 Å². The molecule has 0 radical (unpaired) electrons. The highest BCUT2D eigenvalue weighted by Crippen LogP contribution is 2.32. The molecule has 0 saturated carbocycles. The van der Waals surface area contributed by atoms with Gasteiger partial charge in [-0.2, -0.15) is 13.2 Å². The minimum atomic E-state index is -4.29. The number of Topliss-reactive ketones (excluding diaryl/α,β-unsaturated/α-hetero) is 1. The van der Waals surface area contributed by atoms with Crippen molar-refractivity contribution in [3.8, 4) is 0 Å². The van der Waals surface area contributed by atoms with Crippen LogP contribution in [0.15, 0.2) is 24.3 Å². The number of hydrogen-bond acceptors (Lipinski definition) is 4. The first-order valence-corrected chi connectivity index (χ1v) is 11.2. The zero-order valence-corrected chi connectivity index (χ0v) is 18.0. The summed E-state index contributed by atoms with van der Waals surface area (Å²) in [5, 5.41) is 0. The molecule has 2 saturated heterocycles. The SMILES string of the molecule is CC(=O)CCCN1CCC(CCN2CCN(c3cccc(C(F)(F)F)c3)CC2)CC1. The maximum atomic E-state index is 12.9. The quantitative estimate of drug-likeness (QED) is 0.621. The van der Waals surface area contributed by atoms with Crippen molar-refractivity contribution in [2.75, 3.05) is 57.3 Å². The molecule has 0 spiro atoms. The second kappa shape index (κ2) is 10.6. The number of alkyl halides is 3. The minimum Gasteiger partial charge on any atom is -0.369 e. The van der Waals surface area contributed by atoms with E-state index in [2.05, 4.69) is 14.7 Å². The van der Waals surface area contributed by atoms with Gasteiger partial charge in [-0.1, -0.05) is 6.07 Å². The molecule has 3 rings (SSSR count). The van der Waals surface area contributed by atoms with Gasteiger partial charge in [-0.15, -0.1) is 0 Å². The molecule has 0 unspecified atom stereocenters. The van der Waals surface area contributed by atoms with E-state index >= 15 is 0 Å². The van der Waals surface area contributed by atoms with Crippen molar-refractivity contribution in [1.82, 2.24) is 9.80 Å². The van der Waals surface area contributed by atoms with Crippen molar-refractivity contribution in [2.24, 2.45) is 5.92 Å². The molecule has 30 heavy (non-hydrogen) atoms. The lowest BCUT2D eigenvalue weighted by molar-refractivity contribution is -0.137. The number of piperazine rings is 1. The number of carbonyl (C=O) groups excluding carboxylic acids is 1. The van der Waals surface area contributed by atoms with Gasteiger partial charge in [0.25, 0.3) is 0 Å². The number of benzene rings is 1. The Morgan fingerprint density at radius 1 is 1.00 bits per heavy atom. The smallest absolute Gasteiger partial charge is 0.369 e. The Bertz CT molecular complexity index is 679. The lowest BCUT2D eigenvalue weighted by Gasteiger charge is -2.38. The Kier molecular flexibility index (Phi) is 8.17.